The summed E-state index contributed by atoms with van der Waals surface area (Å²) in [5, 5.41) is 10.9. The molecule has 0 saturated heterocycles. The third-order valence-electron chi connectivity index (χ3n) is 7.51. The predicted octanol–water partition coefficient (Wildman–Crippen LogP) is 0.965. The number of rotatable bonds is 14. The molecule has 2 aliphatic carbocycles. The first-order chi connectivity index (χ1) is 20.4. The first-order valence-corrected chi connectivity index (χ1v) is 21.7. The minimum absolute atomic E-state index is 0.0491. The number of carbonyl (C=O) groups is 1. The Kier molecular flexibility index (Phi) is 11.2. The van der Waals surface area contributed by atoms with E-state index < -0.39 is 70.5 Å². The highest BCUT2D eigenvalue weighted by molar-refractivity contribution is 8.67. The third kappa shape index (κ3) is 7.58. The summed E-state index contributed by atoms with van der Waals surface area (Å²) in [5.41, 5.74) is 2.52. The van der Waals surface area contributed by atoms with Gasteiger partial charge in [0.1, 0.15) is 12.8 Å². The van der Waals surface area contributed by atoms with Crippen molar-refractivity contribution in [1.82, 2.24) is 0 Å². The number of anilines is 1. The number of hydrogen-bond donors (Lipinski definition) is 1. The fourth-order valence-corrected chi connectivity index (χ4v) is 12.3. The van der Waals surface area contributed by atoms with E-state index in [1.807, 2.05) is 0 Å². The summed E-state index contributed by atoms with van der Waals surface area (Å²) in [7, 11) is -13.8. The highest BCUT2D eigenvalue weighted by Gasteiger charge is 2.46. The number of aliphatic hydroxyl groups is 1. The van der Waals surface area contributed by atoms with E-state index in [4.69, 9.17) is 0 Å². The van der Waals surface area contributed by atoms with Crippen LogP contribution in [0.25, 0.3) is 0 Å². The molecule has 1 saturated carbocycles. The molecule has 244 valence electrons. The molecule has 0 amide bonds. The standard InChI is InChI=1S/C28H39N2O10S4/c1-5-17-41(33,34)43(37,38)19-15-29(3)23-11-7-21(8-12-23)25-27(31)26(28(25)32)22-9-13-24(14-10-22)30(4)16-20-44(39,40)42(35,36)18-6-2/h7-14,25,27,31H,5-6,15-20H2,1-4H3/q+1. The first kappa shape index (κ1) is 35.8. The number of carbonyl (C=O) groups excluding carboxylic acids is 1. The number of aliphatic hydroxyl groups excluding tert-OH is 1. The van der Waals surface area contributed by atoms with Crippen molar-refractivity contribution in [2.75, 3.05) is 55.1 Å². The lowest BCUT2D eigenvalue weighted by molar-refractivity contribution is -0.490. The molecule has 1 fully saturated rings. The maximum absolute atomic E-state index is 13.1. The van der Waals surface area contributed by atoms with Gasteiger partial charge < -0.3 is 10.0 Å². The van der Waals surface area contributed by atoms with Crippen LogP contribution in [0.2, 0.25) is 0 Å². The van der Waals surface area contributed by atoms with Gasteiger partial charge in [-0.3, -0.25) is 4.79 Å². The third-order valence-corrected chi connectivity index (χ3v) is 18.9. The summed E-state index contributed by atoms with van der Waals surface area (Å²) in [5.74, 6) is -3.02. The van der Waals surface area contributed by atoms with Crippen molar-refractivity contribution in [3.8, 4) is 0 Å². The lowest BCUT2D eigenvalue weighted by Gasteiger charge is -2.36. The van der Waals surface area contributed by atoms with Gasteiger partial charge in [0, 0.05) is 37.0 Å². The van der Waals surface area contributed by atoms with Crippen molar-refractivity contribution >= 4 is 52.7 Å². The van der Waals surface area contributed by atoms with Gasteiger partial charge in [-0.05, 0) is 48.3 Å². The van der Waals surface area contributed by atoms with Gasteiger partial charge in [-0.2, -0.15) is 0 Å². The van der Waals surface area contributed by atoms with Gasteiger partial charge in [-0.25, -0.2) is 38.2 Å². The van der Waals surface area contributed by atoms with Crippen LogP contribution in [0, 0.1) is 0 Å². The van der Waals surface area contributed by atoms with Crippen molar-refractivity contribution < 1.29 is 48.1 Å². The van der Waals surface area contributed by atoms with Crippen molar-refractivity contribution in [2.24, 2.45) is 0 Å². The minimum Gasteiger partial charge on any atom is -0.387 e. The molecule has 16 heteroatoms. The Morgan fingerprint density at radius 2 is 1.23 bits per heavy atom. The lowest BCUT2D eigenvalue weighted by atomic mass is 9.69. The van der Waals surface area contributed by atoms with Crippen molar-refractivity contribution in [2.45, 2.75) is 38.7 Å². The molecule has 2 unspecified atom stereocenters. The van der Waals surface area contributed by atoms with Crippen LogP contribution in [-0.4, -0.2) is 111 Å². The number of hydrogen-bond acceptors (Lipinski definition) is 11. The zero-order valence-electron chi connectivity index (χ0n) is 25.1. The second kappa shape index (κ2) is 13.8. The molecule has 0 aromatic heterocycles. The number of nitrogens with zero attached hydrogens (tertiary/aromatic N) is 2. The highest BCUT2D eigenvalue weighted by Crippen LogP contribution is 2.41. The van der Waals surface area contributed by atoms with E-state index in [-0.39, 0.29) is 37.3 Å². The summed E-state index contributed by atoms with van der Waals surface area (Å²) in [6, 6.07) is 6.64. The molecule has 3 rings (SSSR count). The SMILES string of the molecule is CCCS(=O)(=O)S(=O)(=O)CCN(C)c1ccc(C2C(=O)C(=C3C=CC(=[N+](C)CCS(=O)(=O)S(=O)(=O)CCC)C=C3)C2O)cc1. The van der Waals surface area contributed by atoms with Crippen molar-refractivity contribution in [3.05, 3.63) is 65.3 Å². The quantitative estimate of drug-likeness (QED) is 0.167. The van der Waals surface area contributed by atoms with Crippen LogP contribution in [0.5, 0.6) is 0 Å². The molecule has 12 nitrogen and oxygen atoms in total. The van der Waals surface area contributed by atoms with Crippen LogP contribution >= 0.6 is 0 Å². The van der Waals surface area contributed by atoms with Gasteiger partial charge in [0.05, 0.1) is 29.3 Å². The highest BCUT2D eigenvalue weighted by atomic mass is 33.2. The Hall–Kier alpha value is -2.66. The van der Waals surface area contributed by atoms with E-state index in [1.165, 1.54) is 0 Å². The Balaban J connectivity index is 1.66. The average Bonchev–Trinajstić information content (AvgIpc) is 2.95. The van der Waals surface area contributed by atoms with Crippen LogP contribution in [0.15, 0.2) is 59.7 Å². The van der Waals surface area contributed by atoms with Crippen LogP contribution in [0.3, 0.4) is 0 Å². The molecule has 0 spiro atoms. The molecular formula is C28H39N2O10S4+. The fraction of sp³-hybridized carbons (Fsp3) is 0.500. The zero-order chi connectivity index (χ0) is 33.1. The molecule has 1 N–H and O–H groups in total. The van der Waals surface area contributed by atoms with Gasteiger partial charge in [0.2, 0.25) is 0 Å². The summed E-state index contributed by atoms with van der Waals surface area (Å²) >= 11 is 0. The molecule has 0 bridgehead atoms. The molecule has 0 aliphatic heterocycles. The molecule has 2 atom stereocenters. The Morgan fingerprint density at radius 3 is 1.70 bits per heavy atom. The maximum Gasteiger partial charge on any atom is 0.259 e. The monoisotopic (exact) mass is 691 g/mol. The van der Waals surface area contributed by atoms with Crippen molar-refractivity contribution in [3.63, 3.8) is 0 Å². The number of Topliss-reactive ketones (excluding diaryl/α,β-unsaturated/α-hetero) is 1. The molecule has 0 radical (unpaired) electrons. The average molecular weight is 692 g/mol. The predicted molar refractivity (Wildman–Crippen MR) is 171 cm³/mol. The second-order valence-electron chi connectivity index (χ2n) is 10.7. The number of ketones is 1. The smallest absolute Gasteiger partial charge is 0.259 e. The molecule has 1 aromatic rings. The molecular weight excluding hydrogens is 653 g/mol. The molecule has 2 aliphatic rings. The topological polar surface area (TPSA) is 180 Å². The summed E-state index contributed by atoms with van der Waals surface area (Å²) in [6.07, 6.45) is 5.91. The van der Waals surface area contributed by atoms with E-state index >= 15 is 0 Å². The van der Waals surface area contributed by atoms with E-state index in [9.17, 15) is 43.6 Å². The lowest BCUT2D eigenvalue weighted by Crippen LogP contribution is -2.43. The number of benzene rings is 1. The Labute approximate surface area is 259 Å². The van der Waals surface area contributed by atoms with Crippen LogP contribution in [0.1, 0.15) is 38.2 Å². The van der Waals surface area contributed by atoms with Crippen LogP contribution in [-0.2, 0) is 40.3 Å². The normalized spacial score (nSPS) is 19.3. The zero-order valence-corrected chi connectivity index (χ0v) is 28.3. The van der Waals surface area contributed by atoms with Gasteiger partial charge in [-0.15, -0.1) is 0 Å². The van der Waals surface area contributed by atoms with Crippen LogP contribution in [0.4, 0.5) is 5.69 Å². The second-order valence-corrected chi connectivity index (χ2v) is 22.9. The maximum atomic E-state index is 13.1. The Morgan fingerprint density at radius 1 is 0.750 bits per heavy atom. The summed E-state index contributed by atoms with van der Waals surface area (Å²) < 4.78 is 98.5. The fourth-order valence-electron chi connectivity index (χ4n) is 4.77. The Bertz CT molecular complexity index is 1820. The van der Waals surface area contributed by atoms with E-state index in [1.54, 1.807) is 86.0 Å². The largest absolute Gasteiger partial charge is 0.387 e. The van der Waals surface area contributed by atoms with E-state index in [0.29, 0.717) is 22.5 Å². The van der Waals surface area contributed by atoms with Gasteiger partial charge in [0.15, 0.2) is 18.0 Å². The first-order valence-electron chi connectivity index (χ1n) is 14.0. The summed E-state index contributed by atoms with van der Waals surface area (Å²) in [6.45, 7) is 3.08. The van der Waals surface area contributed by atoms with E-state index in [2.05, 4.69) is 0 Å². The van der Waals surface area contributed by atoms with Gasteiger partial charge in [0.25, 0.3) is 35.5 Å². The molecule has 0 heterocycles. The minimum atomic E-state index is -4.31. The summed E-state index contributed by atoms with van der Waals surface area (Å²) in [4.78, 5) is 14.7. The van der Waals surface area contributed by atoms with E-state index in [0.717, 1.165) is 0 Å². The van der Waals surface area contributed by atoms with Gasteiger partial charge in [-0.1, -0.05) is 26.0 Å². The van der Waals surface area contributed by atoms with Crippen molar-refractivity contribution in [1.29, 1.82) is 0 Å². The molecule has 1 aromatic carbocycles. The molecule has 44 heavy (non-hydrogen) atoms. The van der Waals surface area contributed by atoms with Crippen LogP contribution < -0.4 is 4.90 Å². The number of allylic oxidation sites excluding steroid dienone is 5. The van der Waals surface area contributed by atoms with Gasteiger partial charge >= 0.3 is 0 Å².